The molecule has 0 aliphatic rings. The molecule has 3 N–H and O–H groups in total. The second-order valence-corrected chi connectivity index (χ2v) is 7.76. The van der Waals surface area contributed by atoms with Crippen molar-refractivity contribution in [3.63, 3.8) is 0 Å². The van der Waals surface area contributed by atoms with Crippen LogP contribution in [0.3, 0.4) is 0 Å². The van der Waals surface area contributed by atoms with Gasteiger partial charge in [-0.3, -0.25) is 25.2 Å². The average molecular weight is 431 g/mol. The van der Waals surface area contributed by atoms with Crippen LogP contribution < -0.4 is 15.6 Å². The van der Waals surface area contributed by atoms with E-state index in [1.165, 1.54) is 6.08 Å². The summed E-state index contributed by atoms with van der Waals surface area (Å²) in [6, 6.07) is 15.4. The van der Waals surface area contributed by atoms with Crippen LogP contribution in [0.15, 0.2) is 60.0 Å². The van der Waals surface area contributed by atoms with Gasteiger partial charge in [0, 0.05) is 11.0 Å². The highest BCUT2D eigenvalue weighted by atomic mass is 32.2. The Kier molecular flexibility index (Phi) is 8.27. The molecule has 0 aliphatic carbocycles. The Morgan fingerprint density at radius 1 is 0.967 bits per heavy atom. The molecule has 2 aromatic carbocycles. The lowest BCUT2D eigenvalue weighted by Crippen LogP contribution is -2.44. The van der Waals surface area contributed by atoms with E-state index in [4.69, 9.17) is 0 Å². The number of hydrogen-bond acceptors (Lipinski definition) is 6. The van der Waals surface area contributed by atoms with Gasteiger partial charge >= 0.3 is 5.97 Å². The Hall–Kier alpha value is -3.50. The number of sulfonamides is 1. The second-order valence-electron chi connectivity index (χ2n) is 6.11. The summed E-state index contributed by atoms with van der Waals surface area (Å²) >= 11 is 0. The minimum absolute atomic E-state index is 0.336. The van der Waals surface area contributed by atoms with E-state index in [1.807, 2.05) is 23.8 Å². The van der Waals surface area contributed by atoms with E-state index in [9.17, 15) is 22.8 Å². The number of amides is 2. The predicted molar refractivity (Wildman–Crippen MR) is 110 cm³/mol. The zero-order valence-corrected chi connectivity index (χ0v) is 16.9. The fourth-order valence-electron chi connectivity index (χ4n) is 2.07. The van der Waals surface area contributed by atoms with Crippen molar-refractivity contribution in [1.29, 1.82) is 0 Å². The molecule has 2 amide bonds. The summed E-state index contributed by atoms with van der Waals surface area (Å²) < 4.78 is 30.5. The summed E-state index contributed by atoms with van der Waals surface area (Å²) in [5.41, 5.74) is 6.31. The largest absolute Gasteiger partial charge is 0.455 e. The number of esters is 1. The normalized spacial score (nSPS) is 11.1. The van der Waals surface area contributed by atoms with Crippen LogP contribution >= 0.6 is 0 Å². The molecule has 0 heterocycles. The number of hydrazine groups is 1. The van der Waals surface area contributed by atoms with E-state index in [-0.39, 0.29) is 0 Å². The summed E-state index contributed by atoms with van der Waals surface area (Å²) in [7, 11) is -3.86. The van der Waals surface area contributed by atoms with Crippen LogP contribution in [-0.4, -0.2) is 39.4 Å². The Morgan fingerprint density at radius 3 is 2.30 bits per heavy atom. The number of hydrogen-bond donors (Lipinski definition) is 3. The van der Waals surface area contributed by atoms with Crippen LogP contribution in [0.2, 0.25) is 0 Å². The van der Waals surface area contributed by atoms with Gasteiger partial charge in [-0.25, -0.2) is 13.1 Å². The van der Waals surface area contributed by atoms with Gasteiger partial charge in [-0.2, -0.15) is 0 Å². The first-order chi connectivity index (χ1) is 14.2. The summed E-state index contributed by atoms with van der Waals surface area (Å²) in [6.45, 7) is 0.577. The van der Waals surface area contributed by atoms with Crippen molar-refractivity contribution in [2.45, 2.75) is 6.92 Å². The molecule has 30 heavy (non-hydrogen) atoms. The molecule has 0 atom stereocenters. The highest BCUT2D eigenvalue weighted by Crippen LogP contribution is 2.06. The van der Waals surface area contributed by atoms with E-state index in [0.717, 1.165) is 11.0 Å². The Balaban J connectivity index is 1.70. The number of rotatable bonds is 8. The predicted octanol–water partition coefficient (Wildman–Crippen LogP) is 0.890. The summed E-state index contributed by atoms with van der Waals surface area (Å²) in [5.74, 6) is -2.27. The number of ether oxygens (including phenoxy) is 1. The maximum atomic E-state index is 11.9. The van der Waals surface area contributed by atoms with Crippen LogP contribution in [0.5, 0.6) is 0 Å². The third kappa shape index (κ3) is 8.25. The zero-order chi connectivity index (χ0) is 22.0. The number of benzene rings is 2. The van der Waals surface area contributed by atoms with Gasteiger partial charge in [0.2, 0.25) is 10.0 Å². The molecule has 0 fully saturated rings. The lowest BCUT2D eigenvalue weighted by atomic mass is 10.2. The van der Waals surface area contributed by atoms with Gasteiger partial charge in [-0.1, -0.05) is 48.0 Å². The number of carbonyl (C=O) groups is 3. The average Bonchev–Trinajstić information content (AvgIpc) is 2.75. The van der Waals surface area contributed by atoms with Crippen LogP contribution in [0.1, 0.15) is 21.5 Å². The lowest BCUT2D eigenvalue weighted by Gasteiger charge is -2.08. The quantitative estimate of drug-likeness (QED) is 0.420. The molecular formula is C20H21N3O6S. The van der Waals surface area contributed by atoms with E-state index in [0.29, 0.717) is 11.1 Å². The second kappa shape index (κ2) is 10.9. The van der Waals surface area contributed by atoms with Gasteiger partial charge in [-0.05, 0) is 30.7 Å². The first-order valence-corrected chi connectivity index (χ1v) is 10.3. The molecule has 0 unspecified atom stereocenters. The summed E-state index contributed by atoms with van der Waals surface area (Å²) in [4.78, 5) is 35.0. The Bertz CT molecular complexity index is 1020. The molecule has 10 heteroatoms. The first-order valence-electron chi connectivity index (χ1n) is 8.79. The highest BCUT2D eigenvalue weighted by Gasteiger charge is 2.12. The Labute approximate surface area is 174 Å². The first kappa shape index (κ1) is 22.8. The summed E-state index contributed by atoms with van der Waals surface area (Å²) in [6.07, 6.45) is 1.38. The molecule has 158 valence electrons. The van der Waals surface area contributed by atoms with Gasteiger partial charge in [0.05, 0.1) is 0 Å². The van der Waals surface area contributed by atoms with Crippen LogP contribution in [0, 0.1) is 6.92 Å². The maximum Gasteiger partial charge on any atom is 0.321 e. The van der Waals surface area contributed by atoms with Crippen LogP contribution in [0.4, 0.5) is 0 Å². The molecular weight excluding hydrogens is 410 g/mol. The molecule has 9 nitrogen and oxygen atoms in total. The number of aryl methyl sites for hydroxylation is 1. The van der Waals surface area contributed by atoms with Crippen molar-refractivity contribution in [1.82, 2.24) is 15.6 Å². The van der Waals surface area contributed by atoms with Gasteiger partial charge in [-0.15, -0.1) is 0 Å². The number of carbonyl (C=O) groups excluding carboxylic acids is 3. The van der Waals surface area contributed by atoms with Crippen molar-refractivity contribution in [3.8, 4) is 0 Å². The molecule has 0 spiro atoms. The minimum Gasteiger partial charge on any atom is -0.455 e. The molecule has 2 aromatic rings. The van der Waals surface area contributed by atoms with E-state index >= 15 is 0 Å². The minimum atomic E-state index is -3.86. The van der Waals surface area contributed by atoms with Gasteiger partial charge in [0.15, 0.2) is 6.61 Å². The van der Waals surface area contributed by atoms with Gasteiger partial charge < -0.3 is 4.74 Å². The number of nitrogens with one attached hydrogen (secondary N) is 3. The van der Waals surface area contributed by atoms with Crippen molar-refractivity contribution < 1.29 is 27.5 Å². The van der Waals surface area contributed by atoms with Crippen molar-refractivity contribution in [2.24, 2.45) is 0 Å². The highest BCUT2D eigenvalue weighted by molar-refractivity contribution is 7.92. The smallest absolute Gasteiger partial charge is 0.321 e. The van der Waals surface area contributed by atoms with Crippen LogP contribution in [-0.2, 0) is 24.3 Å². The third-order valence-electron chi connectivity index (χ3n) is 3.65. The van der Waals surface area contributed by atoms with E-state index < -0.39 is 41.0 Å². The fourth-order valence-corrected chi connectivity index (χ4v) is 2.83. The molecule has 2 rings (SSSR count). The topological polar surface area (TPSA) is 131 Å². The third-order valence-corrected chi connectivity index (χ3v) is 4.69. The molecule has 0 saturated heterocycles. The van der Waals surface area contributed by atoms with E-state index in [1.54, 1.807) is 42.5 Å². The monoisotopic (exact) mass is 431 g/mol. The van der Waals surface area contributed by atoms with Gasteiger partial charge in [0.25, 0.3) is 11.8 Å². The SMILES string of the molecule is Cc1ccc(/C=C/S(=O)(=O)NCC(=O)OCC(=O)NNC(=O)c2ccccc2)cc1. The maximum absolute atomic E-state index is 11.9. The molecule has 0 saturated carbocycles. The van der Waals surface area contributed by atoms with Crippen molar-refractivity contribution >= 4 is 33.9 Å². The molecule has 0 aliphatic heterocycles. The molecule has 0 aromatic heterocycles. The van der Waals surface area contributed by atoms with Gasteiger partial charge in [0.1, 0.15) is 6.54 Å². The van der Waals surface area contributed by atoms with Crippen molar-refractivity contribution in [3.05, 3.63) is 76.7 Å². The standard InChI is InChI=1S/C20H21N3O6S/c1-15-7-9-16(10-8-15)11-12-30(27,28)21-13-19(25)29-14-18(24)22-23-20(26)17-5-3-2-4-6-17/h2-12,21H,13-14H2,1H3,(H,22,24)(H,23,26)/b12-11+. The van der Waals surface area contributed by atoms with Crippen LogP contribution in [0.25, 0.3) is 6.08 Å². The lowest BCUT2D eigenvalue weighted by molar-refractivity contribution is -0.147. The molecule has 0 bridgehead atoms. The fraction of sp³-hybridized carbons (Fsp3) is 0.150. The van der Waals surface area contributed by atoms with E-state index in [2.05, 4.69) is 15.6 Å². The zero-order valence-electron chi connectivity index (χ0n) is 16.1. The van der Waals surface area contributed by atoms with Crippen molar-refractivity contribution in [2.75, 3.05) is 13.2 Å². The Morgan fingerprint density at radius 2 is 1.63 bits per heavy atom. The summed E-state index contributed by atoms with van der Waals surface area (Å²) in [5, 5.41) is 0.927. The molecule has 0 radical (unpaired) electrons.